The van der Waals surface area contributed by atoms with E-state index in [9.17, 15) is 34.1 Å². The van der Waals surface area contributed by atoms with E-state index in [0.29, 0.717) is 45.8 Å². The molecule has 0 saturated carbocycles. The number of benzene rings is 1. The lowest BCUT2D eigenvalue weighted by atomic mass is 9.68. The molecule has 0 bridgehead atoms. The lowest BCUT2D eigenvalue weighted by Crippen LogP contribution is -2.44. The molecule has 3 N–H and O–H groups in total. The molecule has 5 unspecified atom stereocenters. The molecule has 0 aliphatic heterocycles. The van der Waals surface area contributed by atoms with Gasteiger partial charge in [-0.15, -0.1) is 21.9 Å². The standard InChI is InChI=1S/C37H61N2O12P3/c1-34(2,32(43)50-28-15-12-27(13-16-28)14-19-31(42)51-38-29(40)17-18-30(38)41)24-36(5,26-37(6,53-11)25-35(3,4)52-10)33(44)47-22-23-49-54(45,46)48-21-20-39(7,8)9/h12-13,15-18,52-53H,14,19-26H2,1-11H3,(H2-,40,41,45,46)/p+1. The van der Waals surface area contributed by atoms with Crippen LogP contribution in [0, 0.1) is 10.8 Å². The van der Waals surface area contributed by atoms with Crippen LogP contribution in [0.3, 0.4) is 0 Å². The van der Waals surface area contributed by atoms with E-state index in [1.807, 2.05) is 21.1 Å². The highest BCUT2D eigenvalue weighted by Gasteiger charge is 2.48. The lowest BCUT2D eigenvalue weighted by molar-refractivity contribution is -0.870. The van der Waals surface area contributed by atoms with Crippen molar-refractivity contribution in [2.24, 2.45) is 10.8 Å². The second-order valence-electron chi connectivity index (χ2n) is 16.5. The summed E-state index contributed by atoms with van der Waals surface area (Å²) in [6.45, 7) is 16.0. The van der Waals surface area contributed by atoms with E-state index < -0.39 is 48.3 Å². The van der Waals surface area contributed by atoms with Crippen molar-refractivity contribution in [2.45, 2.75) is 84.0 Å². The van der Waals surface area contributed by atoms with Crippen LogP contribution in [0.5, 0.6) is 17.5 Å². The molecule has 0 spiro atoms. The van der Waals surface area contributed by atoms with Crippen molar-refractivity contribution in [3.63, 3.8) is 0 Å². The number of phosphoric ester groups is 1. The van der Waals surface area contributed by atoms with Crippen molar-refractivity contribution in [1.29, 1.82) is 0 Å². The zero-order chi connectivity index (χ0) is 41.2. The molecule has 0 aliphatic carbocycles. The number of hydrogen-bond acceptors (Lipinski definition) is 11. The highest BCUT2D eigenvalue weighted by molar-refractivity contribution is 7.47. The molecule has 1 heterocycles. The Morgan fingerprint density at radius 2 is 1.37 bits per heavy atom. The fourth-order valence-corrected chi connectivity index (χ4v) is 8.83. The van der Waals surface area contributed by atoms with Gasteiger partial charge in [-0.2, -0.15) is 0 Å². The summed E-state index contributed by atoms with van der Waals surface area (Å²) in [6.07, 6.45) is 1.65. The molecule has 2 aromatic rings. The Morgan fingerprint density at radius 3 is 1.91 bits per heavy atom. The normalized spacial score (nSPS) is 16.2. The average molecular weight is 820 g/mol. The molecule has 0 aliphatic rings. The Bertz CT molecular complexity index is 1590. The van der Waals surface area contributed by atoms with Gasteiger partial charge in [0.05, 0.1) is 45.0 Å². The Hall–Kier alpha value is -2.56. The van der Waals surface area contributed by atoms with Crippen LogP contribution >= 0.6 is 25.0 Å². The first-order valence-corrected chi connectivity index (χ1v) is 22.3. The van der Waals surface area contributed by atoms with Gasteiger partial charge in [0.25, 0.3) is 0 Å². The van der Waals surface area contributed by atoms with E-state index in [4.69, 9.17) is 23.4 Å². The van der Waals surface area contributed by atoms with Crippen molar-refractivity contribution < 1.29 is 61.9 Å². The molecule has 0 fully saturated rings. The first kappa shape index (κ1) is 47.6. The number of hydrogen-bond donors (Lipinski definition) is 3. The fraction of sp³-hybridized carbons (Fsp3) is 0.649. The van der Waals surface area contributed by atoms with Crippen LogP contribution in [0.4, 0.5) is 0 Å². The molecule has 0 radical (unpaired) electrons. The molecule has 14 nitrogen and oxygen atoms in total. The number of rotatable bonds is 23. The smallest absolute Gasteiger partial charge is 0.472 e. The number of phosphoric acid groups is 1. The summed E-state index contributed by atoms with van der Waals surface area (Å²) < 4.78 is 35.1. The second kappa shape index (κ2) is 19.5. The molecular formula is C37H62N2O12P3+. The number of aryl methyl sites for hydroxylation is 1. The summed E-state index contributed by atoms with van der Waals surface area (Å²) >= 11 is 0. The summed E-state index contributed by atoms with van der Waals surface area (Å²) in [7, 11) is 2.61. The first-order chi connectivity index (χ1) is 24.7. The van der Waals surface area contributed by atoms with Crippen LogP contribution in [-0.2, 0) is 39.2 Å². The first-order valence-electron chi connectivity index (χ1n) is 17.8. The molecular weight excluding hydrogens is 757 g/mol. The SMILES string of the molecule is CPC(C)(C)CC(C)(CC(C)(CC(C)(C)C(=O)Oc1ccc(CCC(=O)On2c(O)ccc2O)cc1)C(=O)OCCOP(=O)(O)OCC[N+](C)(C)C)PC. The minimum atomic E-state index is -4.35. The molecule has 0 saturated heterocycles. The van der Waals surface area contributed by atoms with E-state index in [-0.39, 0.29) is 48.7 Å². The van der Waals surface area contributed by atoms with Gasteiger partial charge >= 0.3 is 25.7 Å². The van der Waals surface area contributed by atoms with E-state index in [0.717, 1.165) is 12.0 Å². The Kier molecular flexibility index (Phi) is 17.2. The van der Waals surface area contributed by atoms with Crippen LogP contribution in [0.25, 0.3) is 0 Å². The number of nitrogens with zero attached hydrogens (tertiary/aromatic N) is 2. The van der Waals surface area contributed by atoms with Gasteiger partial charge in [-0.1, -0.05) is 32.9 Å². The van der Waals surface area contributed by atoms with Crippen molar-refractivity contribution in [2.75, 3.05) is 60.8 Å². The predicted octanol–water partition coefficient (Wildman–Crippen LogP) is 6.13. The summed E-state index contributed by atoms with van der Waals surface area (Å²) in [4.78, 5) is 55.0. The van der Waals surface area contributed by atoms with Crippen LogP contribution in [-0.4, -0.2) is 113 Å². The zero-order valence-corrected chi connectivity index (χ0v) is 36.6. The fourth-order valence-electron chi connectivity index (χ4n) is 6.21. The lowest BCUT2D eigenvalue weighted by Gasteiger charge is -2.43. The van der Waals surface area contributed by atoms with Gasteiger partial charge in [-0.25, -0.2) is 9.36 Å². The van der Waals surface area contributed by atoms with Crippen LogP contribution < -0.4 is 9.57 Å². The Balaban J connectivity index is 2.14. The number of likely N-dealkylation sites (N-methyl/N-ethyl adjacent to an activating group) is 1. The number of quaternary nitrogens is 1. The monoisotopic (exact) mass is 819 g/mol. The van der Waals surface area contributed by atoms with Gasteiger partial charge in [-0.05, 0) is 87.8 Å². The molecule has 1 aromatic carbocycles. The van der Waals surface area contributed by atoms with Crippen molar-refractivity contribution in [1.82, 2.24) is 4.73 Å². The van der Waals surface area contributed by atoms with Gasteiger partial charge in [0.15, 0.2) is 0 Å². The van der Waals surface area contributed by atoms with Crippen molar-refractivity contribution in [3.8, 4) is 17.5 Å². The Labute approximate surface area is 323 Å². The van der Waals surface area contributed by atoms with E-state index in [2.05, 4.69) is 34.1 Å². The van der Waals surface area contributed by atoms with Gasteiger partial charge in [0.2, 0.25) is 11.8 Å². The second-order valence-corrected chi connectivity index (χ2v) is 21.6. The Morgan fingerprint density at radius 1 is 0.796 bits per heavy atom. The van der Waals surface area contributed by atoms with Gasteiger partial charge in [0, 0.05) is 12.1 Å². The largest absolute Gasteiger partial charge is 0.492 e. The molecule has 54 heavy (non-hydrogen) atoms. The third-order valence-corrected chi connectivity index (χ3v) is 13.2. The van der Waals surface area contributed by atoms with Gasteiger partial charge in [-0.3, -0.25) is 18.6 Å². The van der Waals surface area contributed by atoms with E-state index >= 15 is 0 Å². The average Bonchev–Trinajstić information content (AvgIpc) is 3.37. The van der Waals surface area contributed by atoms with Crippen molar-refractivity contribution >= 4 is 42.9 Å². The van der Waals surface area contributed by atoms with Crippen LogP contribution in [0.2, 0.25) is 0 Å². The number of esters is 2. The minimum absolute atomic E-state index is 0.0147. The number of aromatic nitrogens is 1. The molecule has 0 amide bonds. The van der Waals surface area contributed by atoms with Crippen LogP contribution in [0.1, 0.15) is 72.8 Å². The molecule has 17 heteroatoms. The predicted molar refractivity (Wildman–Crippen MR) is 212 cm³/mol. The van der Waals surface area contributed by atoms with E-state index in [1.54, 1.807) is 45.0 Å². The number of ether oxygens (including phenoxy) is 2. The summed E-state index contributed by atoms with van der Waals surface area (Å²) in [5.41, 5.74) is -1.51. The minimum Gasteiger partial charge on any atom is -0.492 e. The van der Waals surface area contributed by atoms with E-state index in [1.165, 1.54) is 12.1 Å². The topological polar surface area (TPSA) is 180 Å². The maximum absolute atomic E-state index is 14.0. The van der Waals surface area contributed by atoms with Crippen LogP contribution in [0.15, 0.2) is 36.4 Å². The highest BCUT2D eigenvalue weighted by atomic mass is 31.2. The third kappa shape index (κ3) is 15.9. The molecule has 2 rings (SSSR count). The molecule has 1 aromatic heterocycles. The number of carbonyl (C=O) groups excluding carboxylic acids is 3. The number of aromatic hydroxyl groups is 2. The molecule has 5 atom stereocenters. The summed E-state index contributed by atoms with van der Waals surface area (Å²) in [5, 5.41) is 19.1. The van der Waals surface area contributed by atoms with Gasteiger partial charge in [0.1, 0.15) is 25.5 Å². The summed E-state index contributed by atoms with van der Waals surface area (Å²) in [5.74, 6) is -2.30. The van der Waals surface area contributed by atoms with Gasteiger partial charge < -0.3 is 33.9 Å². The quantitative estimate of drug-likeness (QED) is 0.0385. The molecule has 306 valence electrons. The third-order valence-electron chi connectivity index (χ3n) is 9.10. The zero-order valence-electron chi connectivity index (χ0n) is 33.7. The maximum Gasteiger partial charge on any atom is 0.472 e. The summed E-state index contributed by atoms with van der Waals surface area (Å²) in [6, 6.07) is 9.02. The maximum atomic E-state index is 14.0. The van der Waals surface area contributed by atoms with Crippen molar-refractivity contribution in [3.05, 3.63) is 42.0 Å². The highest BCUT2D eigenvalue weighted by Crippen LogP contribution is 2.52. The number of carbonyl (C=O) groups is 3.